The molecular formula is C11H9ClN2S. The number of hydrogen-bond donors (Lipinski definition) is 1. The Balaban J connectivity index is 2.35. The molecule has 0 aliphatic heterocycles. The fourth-order valence-corrected chi connectivity index (χ4v) is 2.04. The first-order valence-corrected chi connectivity index (χ1v) is 5.85. The van der Waals surface area contributed by atoms with Crippen molar-refractivity contribution in [3.05, 3.63) is 23.8 Å². The topological polar surface area (TPSA) is 38.9 Å². The number of fused-ring (bicyclic) bond motifs is 1. The van der Waals surface area contributed by atoms with E-state index >= 15 is 0 Å². The quantitative estimate of drug-likeness (QED) is 0.611. The number of nitrogens with zero attached hydrogens (tertiary/aromatic N) is 1. The van der Waals surface area contributed by atoms with Gasteiger partial charge in [0.15, 0.2) is 5.13 Å². The summed E-state index contributed by atoms with van der Waals surface area (Å²) < 4.78 is 1.09. The van der Waals surface area contributed by atoms with Crippen molar-refractivity contribution in [1.82, 2.24) is 4.98 Å². The summed E-state index contributed by atoms with van der Waals surface area (Å²) in [5, 5.41) is 0.593. The van der Waals surface area contributed by atoms with Gasteiger partial charge in [-0.15, -0.1) is 11.6 Å². The fraction of sp³-hybridized carbons (Fsp3) is 0.182. The summed E-state index contributed by atoms with van der Waals surface area (Å²) >= 11 is 7.02. The summed E-state index contributed by atoms with van der Waals surface area (Å²) in [7, 11) is 0. The molecule has 4 heteroatoms. The van der Waals surface area contributed by atoms with Gasteiger partial charge in [-0.1, -0.05) is 23.2 Å². The number of halogens is 1. The van der Waals surface area contributed by atoms with Crippen LogP contribution in [0.25, 0.3) is 10.2 Å². The molecule has 76 valence electrons. The Hall–Kier alpha value is -1.24. The van der Waals surface area contributed by atoms with Crippen LogP contribution in [0.1, 0.15) is 12.0 Å². The minimum absolute atomic E-state index is 0.568. The van der Waals surface area contributed by atoms with Gasteiger partial charge in [0.1, 0.15) is 0 Å². The zero-order valence-electron chi connectivity index (χ0n) is 7.96. The lowest BCUT2D eigenvalue weighted by atomic mass is 10.2. The highest BCUT2D eigenvalue weighted by Gasteiger charge is 2.00. The first-order chi connectivity index (χ1) is 7.29. The van der Waals surface area contributed by atoms with E-state index in [1.165, 1.54) is 11.3 Å². The fourth-order valence-electron chi connectivity index (χ4n) is 1.23. The van der Waals surface area contributed by atoms with E-state index in [1.807, 2.05) is 18.2 Å². The first-order valence-electron chi connectivity index (χ1n) is 4.50. The van der Waals surface area contributed by atoms with Gasteiger partial charge in [-0.05, 0) is 18.2 Å². The smallest absolute Gasteiger partial charge is 0.181 e. The molecule has 0 aliphatic rings. The molecule has 0 bridgehead atoms. The minimum atomic E-state index is 0.568. The molecule has 0 saturated carbocycles. The maximum atomic E-state index is 5.62. The number of benzene rings is 1. The standard InChI is InChI=1S/C11H9ClN2S/c12-6-2-1-3-8-4-5-10-9(7-8)14-11(13)15-10/h4-5,7H,2,6H2,(H2,13,14). The number of alkyl halides is 1. The van der Waals surface area contributed by atoms with Crippen LogP contribution >= 0.6 is 22.9 Å². The van der Waals surface area contributed by atoms with Crippen molar-refractivity contribution in [2.75, 3.05) is 11.6 Å². The molecule has 15 heavy (non-hydrogen) atoms. The van der Waals surface area contributed by atoms with Gasteiger partial charge in [0, 0.05) is 17.9 Å². The van der Waals surface area contributed by atoms with Gasteiger partial charge in [-0.25, -0.2) is 4.98 Å². The largest absolute Gasteiger partial charge is 0.375 e. The van der Waals surface area contributed by atoms with Gasteiger partial charge in [0.05, 0.1) is 10.2 Å². The van der Waals surface area contributed by atoms with Crippen LogP contribution in [0.15, 0.2) is 18.2 Å². The van der Waals surface area contributed by atoms with E-state index in [-0.39, 0.29) is 0 Å². The SMILES string of the molecule is Nc1nc2cc(C#CCCCl)ccc2s1. The van der Waals surface area contributed by atoms with E-state index in [0.717, 1.165) is 15.8 Å². The van der Waals surface area contributed by atoms with Crippen LogP contribution in [0, 0.1) is 11.8 Å². The predicted molar refractivity (Wildman–Crippen MR) is 66.2 cm³/mol. The van der Waals surface area contributed by atoms with Crippen LogP contribution in [0.4, 0.5) is 5.13 Å². The number of nitrogen functional groups attached to an aromatic ring is 1. The number of nitrogens with two attached hydrogens (primary N) is 1. The second-order valence-corrected chi connectivity index (χ2v) is 4.42. The normalized spacial score (nSPS) is 9.93. The predicted octanol–water partition coefficient (Wildman–Crippen LogP) is 2.86. The zero-order chi connectivity index (χ0) is 10.7. The molecule has 0 fully saturated rings. The lowest BCUT2D eigenvalue weighted by Crippen LogP contribution is -1.79. The molecule has 0 atom stereocenters. The number of hydrogen-bond acceptors (Lipinski definition) is 3. The summed E-state index contributed by atoms with van der Waals surface area (Å²) in [5.41, 5.74) is 7.48. The molecule has 0 saturated heterocycles. The van der Waals surface area contributed by atoms with E-state index < -0.39 is 0 Å². The molecule has 2 N–H and O–H groups in total. The summed E-state index contributed by atoms with van der Waals surface area (Å²) in [6.45, 7) is 0. The van der Waals surface area contributed by atoms with Crippen molar-refractivity contribution in [3.63, 3.8) is 0 Å². The maximum absolute atomic E-state index is 5.62. The summed E-state index contributed by atoms with van der Waals surface area (Å²) in [6, 6.07) is 5.92. The summed E-state index contributed by atoms with van der Waals surface area (Å²) in [5.74, 6) is 6.59. The lowest BCUT2D eigenvalue weighted by molar-refractivity contribution is 1.29. The van der Waals surface area contributed by atoms with E-state index in [2.05, 4.69) is 16.8 Å². The van der Waals surface area contributed by atoms with Crippen LogP contribution < -0.4 is 5.73 Å². The van der Waals surface area contributed by atoms with Gasteiger partial charge in [0.2, 0.25) is 0 Å². The Morgan fingerprint density at radius 1 is 1.47 bits per heavy atom. The lowest BCUT2D eigenvalue weighted by Gasteiger charge is -1.89. The van der Waals surface area contributed by atoms with E-state index in [1.54, 1.807) is 0 Å². The molecule has 1 aromatic heterocycles. The minimum Gasteiger partial charge on any atom is -0.375 e. The van der Waals surface area contributed by atoms with Crippen molar-refractivity contribution in [2.45, 2.75) is 6.42 Å². The molecule has 2 aromatic rings. The maximum Gasteiger partial charge on any atom is 0.181 e. The summed E-state index contributed by atoms with van der Waals surface area (Å²) in [6.07, 6.45) is 0.707. The van der Waals surface area contributed by atoms with E-state index in [4.69, 9.17) is 17.3 Å². The molecule has 0 unspecified atom stereocenters. The Morgan fingerprint density at radius 2 is 2.33 bits per heavy atom. The van der Waals surface area contributed by atoms with Gasteiger partial charge in [-0.3, -0.25) is 0 Å². The third-order valence-electron chi connectivity index (χ3n) is 1.86. The average Bonchev–Trinajstić information content (AvgIpc) is 2.57. The average molecular weight is 237 g/mol. The highest BCUT2D eigenvalue weighted by Crippen LogP contribution is 2.23. The van der Waals surface area contributed by atoms with Crippen molar-refractivity contribution < 1.29 is 0 Å². The van der Waals surface area contributed by atoms with Crippen molar-refractivity contribution in [3.8, 4) is 11.8 Å². The second-order valence-electron chi connectivity index (χ2n) is 2.98. The Labute approximate surface area is 97.1 Å². The second kappa shape index (κ2) is 4.52. The van der Waals surface area contributed by atoms with Crippen molar-refractivity contribution >= 4 is 38.3 Å². The molecule has 0 aliphatic carbocycles. The van der Waals surface area contributed by atoms with Gasteiger partial charge in [0.25, 0.3) is 0 Å². The van der Waals surface area contributed by atoms with Crippen LogP contribution in [-0.2, 0) is 0 Å². The first kappa shape index (κ1) is 10.3. The van der Waals surface area contributed by atoms with Gasteiger partial charge >= 0.3 is 0 Å². The molecule has 0 spiro atoms. The highest BCUT2D eigenvalue weighted by molar-refractivity contribution is 7.22. The van der Waals surface area contributed by atoms with Gasteiger partial charge in [-0.2, -0.15) is 0 Å². The zero-order valence-corrected chi connectivity index (χ0v) is 9.53. The van der Waals surface area contributed by atoms with E-state index in [0.29, 0.717) is 17.4 Å². The molecule has 0 amide bonds. The molecule has 1 heterocycles. The Bertz CT molecular complexity index is 536. The number of anilines is 1. The van der Waals surface area contributed by atoms with Crippen LogP contribution in [0.3, 0.4) is 0 Å². The van der Waals surface area contributed by atoms with Crippen LogP contribution in [-0.4, -0.2) is 10.9 Å². The van der Waals surface area contributed by atoms with E-state index in [9.17, 15) is 0 Å². The van der Waals surface area contributed by atoms with Crippen LogP contribution in [0.5, 0.6) is 0 Å². The van der Waals surface area contributed by atoms with Crippen molar-refractivity contribution in [1.29, 1.82) is 0 Å². The molecule has 2 nitrogen and oxygen atoms in total. The number of thiazole rings is 1. The monoisotopic (exact) mass is 236 g/mol. The molecule has 0 radical (unpaired) electrons. The molecule has 2 rings (SSSR count). The Morgan fingerprint density at radius 3 is 3.13 bits per heavy atom. The third kappa shape index (κ3) is 2.41. The number of aromatic nitrogens is 1. The summed E-state index contributed by atoms with van der Waals surface area (Å²) in [4.78, 5) is 4.20. The van der Waals surface area contributed by atoms with Crippen LogP contribution in [0.2, 0.25) is 0 Å². The Kier molecular flexibility index (Phi) is 3.10. The number of rotatable bonds is 1. The molecular weight excluding hydrogens is 228 g/mol. The van der Waals surface area contributed by atoms with Crippen molar-refractivity contribution in [2.24, 2.45) is 0 Å². The molecule has 1 aromatic carbocycles. The third-order valence-corrected chi connectivity index (χ3v) is 2.91. The van der Waals surface area contributed by atoms with Gasteiger partial charge < -0.3 is 5.73 Å². The highest BCUT2D eigenvalue weighted by atomic mass is 35.5.